The Balaban J connectivity index is 1.32. The van der Waals surface area contributed by atoms with E-state index in [9.17, 15) is 9.59 Å². The highest BCUT2D eigenvalue weighted by Gasteiger charge is 2.22. The summed E-state index contributed by atoms with van der Waals surface area (Å²) in [4.78, 5) is 32.8. The van der Waals surface area contributed by atoms with Gasteiger partial charge in [0.05, 0.1) is 10.2 Å². The van der Waals surface area contributed by atoms with Crippen molar-refractivity contribution in [2.75, 3.05) is 36.4 Å². The fourth-order valence-electron chi connectivity index (χ4n) is 3.99. The van der Waals surface area contributed by atoms with Crippen LogP contribution in [-0.2, 0) is 16.0 Å². The first kappa shape index (κ1) is 21.3. The quantitative estimate of drug-likeness (QED) is 0.652. The van der Waals surface area contributed by atoms with E-state index in [0.717, 1.165) is 42.0 Å². The number of fused-ring (bicyclic) bond motifs is 1. The molecule has 1 aliphatic rings. The van der Waals surface area contributed by atoms with Gasteiger partial charge in [-0.1, -0.05) is 29.5 Å². The molecular weight excluding hydrogens is 408 g/mol. The molecule has 0 unspecified atom stereocenters. The van der Waals surface area contributed by atoms with Crippen molar-refractivity contribution < 1.29 is 9.59 Å². The topological polar surface area (TPSA) is 65.5 Å². The molecule has 0 atom stereocenters. The van der Waals surface area contributed by atoms with E-state index in [-0.39, 0.29) is 11.8 Å². The molecular formula is C24H28N4O2S. The zero-order valence-electron chi connectivity index (χ0n) is 18.3. The van der Waals surface area contributed by atoms with Crippen LogP contribution in [0.5, 0.6) is 0 Å². The Bertz CT molecular complexity index is 1120. The lowest BCUT2D eigenvalue weighted by Crippen LogP contribution is -2.49. The molecule has 3 aromatic rings. The van der Waals surface area contributed by atoms with Crippen molar-refractivity contribution >= 4 is 44.2 Å². The highest BCUT2D eigenvalue weighted by atomic mass is 32.1. The van der Waals surface area contributed by atoms with Crippen LogP contribution in [0.3, 0.4) is 0 Å². The molecule has 31 heavy (non-hydrogen) atoms. The first-order valence-corrected chi connectivity index (χ1v) is 11.5. The number of aryl methyl sites for hydroxylation is 3. The number of hydrogen-bond acceptors (Lipinski definition) is 5. The fourth-order valence-corrected chi connectivity index (χ4v) is 4.97. The predicted octanol–water partition coefficient (Wildman–Crippen LogP) is 4.15. The van der Waals surface area contributed by atoms with E-state index < -0.39 is 0 Å². The average Bonchev–Trinajstić information content (AvgIpc) is 3.14. The molecule has 1 aromatic heterocycles. The van der Waals surface area contributed by atoms with Crippen LogP contribution in [0.25, 0.3) is 10.2 Å². The lowest BCUT2D eigenvalue weighted by molar-refractivity contribution is -0.131. The molecule has 0 bridgehead atoms. The van der Waals surface area contributed by atoms with Crippen LogP contribution in [0.2, 0.25) is 0 Å². The van der Waals surface area contributed by atoms with E-state index in [1.165, 1.54) is 35.1 Å². The van der Waals surface area contributed by atoms with Gasteiger partial charge in [-0.2, -0.15) is 0 Å². The first-order valence-electron chi connectivity index (χ1n) is 10.7. The molecule has 0 aliphatic carbocycles. The van der Waals surface area contributed by atoms with Crippen molar-refractivity contribution in [3.05, 3.63) is 53.1 Å². The summed E-state index contributed by atoms with van der Waals surface area (Å²) in [5.74, 6) is 0.0893. The molecule has 4 rings (SSSR count). The standard InChI is InChI=1S/C24H28N4O2S/c1-16-4-5-17(2)21(14-16)27-10-12-28(13-11-27)23(30)9-7-19-6-8-20-22(15-19)31-24(26-20)25-18(3)29/h4-6,8,14-15H,7,9-13H2,1-3H3,(H,25,26,29). The van der Waals surface area contributed by atoms with Gasteiger partial charge < -0.3 is 15.1 Å². The summed E-state index contributed by atoms with van der Waals surface area (Å²) in [6, 6.07) is 12.6. The largest absolute Gasteiger partial charge is 0.368 e. The van der Waals surface area contributed by atoms with Crippen molar-refractivity contribution in [3.8, 4) is 0 Å². The lowest BCUT2D eigenvalue weighted by Gasteiger charge is -2.37. The number of carbonyl (C=O) groups is 2. The summed E-state index contributed by atoms with van der Waals surface area (Å²) in [7, 11) is 0. The number of nitrogens with one attached hydrogen (secondary N) is 1. The van der Waals surface area contributed by atoms with Gasteiger partial charge in [0.2, 0.25) is 11.8 Å². The van der Waals surface area contributed by atoms with Gasteiger partial charge in [-0.3, -0.25) is 9.59 Å². The maximum Gasteiger partial charge on any atom is 0.223 e. The molecule has 1 aliphatic heterocycles. The Morgan fingerprint density at radius 1 is 1.06 bits per heavy atom. The smallest absolute Gasteiger partial charge is 0.223 e. The molecule has 1 saturated heterocycles. The minimum Gasteiger partial charge on any atom is -0.368 e. The second-order valence-electron chi connectivity index (χ2n) is 8.16. The van der Waals surface area contributed by atoms with Gasteiger partial charge >= 0.3 is 0 Å². The van der Waals surface area contributed by atoms with E-state index in [4.69, 9.17) is 0 Å². The molecule has 6 nitrogen and oxygen atoms in total. The summed E-state index contributed by atoms with van der Waals surface area (Å²) in [5.41, 5.74) is 5.81. The molecule has 2 heterocycles. The molecule has 2 aromatic carbocycles. The molecule has 1 fully saturated rings. The monoisotopic (exact) mass is 436 g/mol. The zero-order valence-corrected chi connectivity index (χ0v) is 19.1. The van der Waals surface area contributed by atoms with Crippen LogP contribution in [-0.4, -0.2) is 47.9 Å². The Labute approximate surface area is 186 Å². The number of rotatable bonds is 5. The second kappa shape index (κ2) is 9.06. The van der Waals surface area contributed by atoms with Crippen molar-refractivity contribution in [1.29, 1.82) is 0 Å². The third-order valence-electron chi connectivity index (χ3n) is 5.70. The number of anilines is 2. The zero-order chi connectivity index (χ0) is 22.0. The summed E-state index contributed by atoms with van der Waals surface area (Å²) in [6.45, 7) is 9.01. The molecule has 2 amide bonds. The van der Waals surface area contributed by atoms with E-state index in [1.807, 2.05) is 17.0 Å². The van der Waals surface area contributed by atoms with Gasteiger partial charge in [0, 0.05) is 45.2 Å². The minimum absolute atomic E-state index is 0.123. The van der Waals surface area contributed by atoms with Crippen LogP contribution in [0, 0.1) is 13.8 Å². The molecule has 0 saturated carbocycles. The predicted molar refractivity (Wildman–Crippen MR) is 127 cm³/mol. The van der Waals surface area contributed by atoms with Gasteiger partial charge in [-0.05, 0) is 55.2 Å². The number of thiazole rings is 1. The van der Waals surface area contributed by atoms with Crippen molar-refractivity contribution in [2.45, 2.75) is 33.6 Å². The fraction of sp³-hybridized carbons (Fsp3) is 0.375. The number of nitrogens with zero attached hydrogens (tertiary/aromatic N) is 3. The number of benzene rings is 2. The minimum atomic E-state index is -0.123. The third kappa shape index (κ3) is 5.05. The summed E-state index contributed by atoms with van der Waals surface area (Å²) in [6.07, 6.45) is 1.21. The molecule has 7 heteroatoms. The molecule has 0 radical (unpaired) electrons. The summed E-state index contributed by atoms with van der Waals surface area (Å²) in [5, 5.41) is 3.34. The third-order valence-corrected chi connectivity index (χ3v) is 6.63. The van der Waals surface area contributed by atoms with Crippen molar-refractivity contribution in [3.63, 3.8) is 0 Å². The highest BCUT2D eigenvalue weighted by Crippen LogP contribution is 2.27. The normalized spacial score (nSPS) is 14.2. The van der Waals surface area contributed by atoms with E-state index in [1.54, 1.807) is 0 Å². The SMILES string of the molecule is CC(=O)Nc1nc2ccc(CCC(=O)N3CCN(c4cc(C)ccc4C)CC3)cc2s1. The van der Waals surface area contributed by atoms with E-state index in [0.29, 0.717) is 18.0 Å². The Morgan fingerprint density at radius 2 is 1.84 bits per heavy atom. The van der Waals surface area contributed by atoms with Crippen LogP contribution in [0.15, 0.2) is 36.4 Å². The van der Waals surface area contributed by atoms with E-state index >= 15 is 0 Å². The lowest BCUT2D eigenvalue weighted by atomic mass is 10.1. The van der Waals surface area contributed by atoms with E-state index in [2.05, 4.69) is 53.3 Å². The summed E-state index contributed by atoms with van der Waals surface area (Å²) >= 11 is 1.46. The number of amides is 2. The Morgan fingerprint density at radius 3 is 2.58 bits per heavy atom. The number of carbonyl (C=O) groups excluding carboxylic acids is 2. The maximum atomic E-state index is 12.8. The van der Waals surface area contributed by atoms with Gasteiger partial charge in [-0.15, -0.1) is 0 Å². The van der Waals surface area contributed by atoms with Crippen molar-refractivity contribution in [1.82, 2.24) is 9.88 Å². The van der Waals surface area contributed by atoms with Crippen LogP contribution >= 0.6 is 11.3 Å². The number of piperazine rings is 1. The Hall–Kier alpha value is -2.93. The van der Waals surface area contributed by atoms with Gasteiger partial charge in [0.25, 0.3) is 0 Å². The molecule has 1 N–H and O–H groups in total. The first-order chi connectivity index (χ1) is 14.9. The van der Waals surface area contributed by atoms with Gasteiger partial charge in [0.15, 0.2) is 5.13 Å². The van der Waals surface area contributed by atoms with Crippen LogP contribution in [0.1, 0.15) is 30.0 Å². The highest BCUT2D eigenvalue weighted by molar-refractivity contribution is 7.22. The maximum absolute atomic E-state index is 12.8. The molecule has 0 spiro atoms. The average molecular weight is 437 g/mol. The van der Waals surface area contributed by atoms with Crippen LogP contribution < -0.4 is 10.2 Å². The van der Waals surface area contributed by atoms with Gasteiger partial charge in [0.1, 0.15) is 0 Å². The number of hydrogen-bond donors (Lipinski definition) is 1. The van der Waals surface area contributed by atoms with Crippen LogP contribution in [0.4, 0.5) is 10.8 Å². The number of aromatic nitrogens is 1. The summed E-state index contributed by atoms with van der Waals surface area (Å²) < 4.78 is 1.02. The van der Waals surface area contributed by atoms with Crippen molar-refractivity contribution in [2.24, 2.45) is 0 Å². The van der Waals surface area contributed by atoms with Gasteiger partial charge in [-0.25, -0.2) is 4.98 Å². The molecule has 162 valence electrons. The second-order valence-corrected chi connectivity index (χ2v) is 9.19. The Kier molecular flexibility index (Phi) is 6.23.